The molecule has 5 rings (SSSR count). The maximum absolute atomic E-state index is 12.3. The predicted octanol–water partition coefficient (Wildman–Crippen LogP) is 5.70. The first-order chi connectivity index (χ1) is 16.2. The fourth-order valence-corrected chi connectivity index (χ4v) is 4.48. The third-order valence-corrected chi connectivity index (χ3v) is 6.04. The summed E-state index contributed by atoms with van der Waals surface area (Å²) in [5.41, 5.74) is 12.6. The Morgan fingerprint density at radius 3 is 2.27 bits per heavy atom. The van der Waals surface area contributed by atoms with Crippen molar-refractivity contribution in [3.8, 4) is 23.0 Å². The van der Waals surface area contributed by atoms with Crippen molar-refractivity contribution < 1.29 is 9.53 Å². The van der Waals surface area contributed by atoms with Crippen LogP contribution in [-0.4, -0.2) is 19.2 Å². The molecule has 0 saturated carbocycles. The van der Waals surface area contributed by atoms with Crippen LogP contribution in [0.15, 0.2) is 84.9 Å². The van der Waals surface area contributed by atoms with Crippen molar-refractivity contribution in [1.29, 1.82) is 0 Å². The summed E-state index contributed by atoms with van der Waals surface area (Å²) in [7, 11) is 0. The number of fused-ring (bicyclic) bond motifs is 4. The van der Waals surface area contributed by atoms with E-state index in [0.29, 0.717) is 19.6 Å². The molecule has 0 aliphatic heterocycles. The zero-order chi connectivity index (χ0) is 22.6. The second-order valence-corrected chi connectivity index (χ2v) is 8.05. The lowest BCUT2D eigenvalue weighted by Gasteiger charge is -2.14. The largest absolute Gasteiger partial charge is 0.449 e. The smallest absolute Gasteiger partial charge is 0.407 e. The maximum Gasteiger partial charge on any atom is 0.407 e. The van der Waals surface area contributed by atoms with E-state index in [9.17, 15) is 4.79 Å². The van der Waals surface area contributed by atoms with E-state index in [-0.39, 0.29) is 5.92 Å². The van der Waals surface area contributed by atoms with Gasteiger partial charge in [0.2, 0.25) is 0 Å². The number of nitrogen functional groups attached to an aromatic ring is 1. The summed E-state index contributed by atoms with van der Waals surface area (Å²) in [6.45, 7) is 0.736. The van der Waals surface area contributed by atoms with Crippen molar-refractivity contribution in [2.45, 2.75) is 12.3 Å². The minimum Gasteiger partial charge on any atom is -0.449 e. The van der Waals surface area contributed by atoms with Crippen LogP contribution in [0.25, 0.3) is 21.9 Å². The van der Waals surface area contributed by atoms with Gasteiger partial charge in [-0.3, -0.25) is 0 Å². The van der Waals surface area contributed by atoms with Gasteiger partial charge in [-0.2, -0.15) is 0 Å². The van der Waals surface area contributed by atoms with Crippen molar-refractivity contribution in [2.75, 3.05) is 18.9 Å². The van der Waals surface area contributed by atoms with Crippen LogP contribution in [0.4, 0.5) is 10.5 Å². The average molecular weight is 433 g/mol. The Bertz CT molecular complexity index is 1350. The number of benzene rings is 4. The number of alkyl carbamates (subject to hydrolysis) is 1. The minimum absolute atomic E-state index is 0.0572. The molecule has 1 amide bonds. The number of anilines is 1. The molecule has 0 unspecified atom stereocenters. The SMILES string of the molecule is Nc1cccc2c(C#CCCNC(=O)OCC3c4ccccc4-c4ccccc43)cccc12. The number of rotatable bonds is 4. The highest BCUT2D eigenvalue weighted by atomic mass is 16.5. The number of hydrogen-bond donors (Lipinski definition) is 2. The van der Waals surface area contributed by atoms with E-state index < -0.39 is 6.09 Å². The molecule has 0 saturated heterocycles. The van der Waals surface area contributed by atoms with E-state index in [1.54, 1.807) is 0 Å². The standard InChI is InChI=1S/C29H24N2O2/c30-28-17-8-15-21-20(10-7-16-26(21)28)9-5-6-18-31-29(32)33-19-27-24-13-3-1-11-22(24)23-12-2-4-14-25(23)27/h1-4,7-8,10-17,27H,6,18-19,30H2,(H,31,32). The molecule has 1 aliphatic rings. The van der Waals surface area contributed by atoms with Gasteiger partial charge in [0.05, 0.1) is 0 Å². The molecule has 0 atom stereocenters. The van der Waals surface area contributed by atoms with Crippen LogP contribution < -0.4 is 11.1 Å². The van der Waals surface area contributed by atoms with E-state index in [1.807, 2.05) is 60.7 Å². The fraction of sp³-hybridized carbons (Fsp3) is 0.138. The molecule has 4 heteroatoms. The summed E-state index contributed by atoms with van der Waals surface area (Å²) in [4.78, 5) is 12.3. The molecular formula is C29H24N2O2. The Hall–Kier alpha value is -4.23. The van der Waals surface area contributed by atoms with Gasteiger partial charge in [0.15, 0.2) is 0 Å². The Balaban J connectivity index is 1.16. The number of carbonyl (C=O) groups is 1. The third kappa shape index (κ3) is 4.14. The monoisotopic (exact) mass is 432 g/mol. The van der Waals surface area contributed by atoms with E-state index >= 15 is 0 Å². The lowest BCUT2D eigenvalue weighted by Crippen LogP contribution is -2.26. The van der Waals surface area contributed by atoms with Gasteiger partial charge in [-0.1, -0.05) is 84.6 Å². The van der Waals surface area contributed by atoms with Crippen molar-refractivity contribution in [3.05, 3.63) is 102 Å². The van der Waals surface area contributed by atoms with Crippen LogP contribution in [-0.2, 0) is 4.74 Å². The van der Waals surface area contributed by atoms with Crippen molar-refractivity contribution >= 4 is 22.6 Å². The molecule has 4 aromatic rings. The normalized spacial score (nSPS) is 11.9. The Morgan fingerprint density at radius 2 is 1.52 bits per heavy atom. The molecular weight excluding hydrogens is 408 g/mol. The van der Waals surface area contributed by atoms with Gasteiger partial charge in [0, 0.05) is 35.5 Å². The highest BCUT2D eigenvalue weighted by Crippen LogP contribution is 2.44. The Labute approximate surface area is 193 Å². The summed E-state index contributed by atoms with van der Waals surface area (Å²) < 4.78 is 5.56. The molecule has 0 radical (unpaired) electrons. The zero-order valence-electron chi connectivity index (χ0n) is 18.2. The quantitative estimate of drug-likeness (QED) is 0.247. The lowest BCUT2D eigenvalue weighted by atomic mass is 9.98. The van der Waals surface area contributed by atoms with Gasteiger partial charge in [-0.25, -0.2) is 4.79 Å². The van der Waals surface area contributed by atoms with Crippen LogP contribution in [0, 0.1) is 11.8 Å². The molecule has 0 bridgehead atoms. The number of ether oxygens (including phenoxy) is 1. The first-order valence-electron chi connectivity index (χ1n) is 11.1. The zero-order valence-corrected chi connectivity index (χ0v) is 18.2. The molecule has 0 fully saturated rings. The number of hydrogen-bond acceptors (Lipinski definition) is 3. The highest BCUT2D eigenvalue weighted by molar-refractivity contribution is 5.96. The van der Waals surface area contributed by atoms with Crippen LogP contribution >= 0.6 is 0 Å². The van der Waals surface area contributed by atoms with Crippen LogP contribution in [0.3, 0.4) is 0 Å². The Morgan fingerprint density at radius 1 is 0.848 bits per heavy atom. The van der Waals surface area contributed by atoms with Crippen LogP contribution in [0.1, 0.15) is 29.0 Å². The van der Waals surface area contributed by atoms with Gasteiger partial charge in [-0.05, 0) is 39.8 Å². The van der Waals surface area contributed by atoms with Crippen molar-refractivity contribution in [3.63, 3.8) is 0 Å². The van der Waals surface area contributed by atoms with Gasteiger partial charge < -0.3 is 15.8 Å². The summed E-state index contributed by atoms with van der Waals surface area (Å²) in [5, 5.41) is 4.84. The van der Waals surface area contributed by atoms with Gasteiger partial charge in [-0.15, -0.1) is 0 Å². The average Bonchev–Trinajstić information content (AvgIpc) is 3.17. The summed E-state index contributed by atoms with van der Waals surface area (Å²) in [5.74, 6) is 6.38. The topological polar surface area (TPSA) is 64.3 Å². The molecule has 0 spiro atoms. The molecule has 3 N–H and O–H groups in total. The number of nitrogens with one attached hydrogen (secondary N) is 1. The molecule has 0 heterocycles. The molecule has 4 nitrogen and oxygen atoms in total. The number of amides is 1. The van der Waals surface area contributed by atoms with Gasteiger partial charge >= 0.3 is 6.09 Å². The fourth-order valence-electron chi connectivity index (χ4n) is 4.48. The number of carbonyl (C=O) groups excluding carboxylic acids is 1. The first kappa shape index (κ1) is 20.7. The van der Waals surface area contributed by atoms with Crippen LogP contribution in [0.5, 0.6) is 0 Å². The molecule has 1 aliphatic carbocycles. The lowest BCUT2D eigenvalue weighted by molar-refractivity contribution is 0.143. The summed E-state index contributed by atoms with van der Waals surface area (Å²) in [6.07, 6.45) is 0.111. The first-order valence-corrected chi connectivity index (χ1v) is 11.1. The number of nitrogens with two attached hydrogens (primary N) is 1. The van der Waals surface area contributed by atoms with Gasteiger partial charge in [0.25, 0.3) is 0 Å². The van der Waals surface area contributed by atoms with Crippen LogP contribution in [0.2, 0.25) is 0 Å². The summed E-state index contributed by atoms with van der Waals surface area (Å²) in [6, 6.07) is 28.4. The summed E-state index contributed by atoms with van der Waals surface area (Å²) >= 11 is 0. The maximum atomic E-state index is 12.3. The molecule has 0 aromatic heterocycles. The Kier molecular flexibility index (Phi) is 5.70. The second-order valence-electron chi connectivity index (χ2n) is 8.05. The highest BCUT2D eigenvalue weighted by Gasteiger charge is 2.28. The molecule has 33 heavy (non-hydrogen) atoms. The minimum atomic E-state index is -0.420. The van der Waals surface area contributed by atoms with Crippen molar-refractivity contribution in [1.82, 2.24) is 5.32 Å². The van der Waals surface area contributed by atoms with E-state index in [1.165, 1.54) is 22.3 Å². The third-order valence-electron chi connectivity index (χ3n) is 6.04. The van der Waals surface area contributed by atoms with E-state index in [4.69, 9.17) is 10.5 Å². The van der Waals surface area contributed by atoms with E-state index in [2.05, 4.69) is 41.4 Å². The van der Waals surface area contributed by atoms with Crippen molar-refractivity contribution in [2.24, 2.45) is 0 Å². The van der Waals surface area contributed by atoms with Gasteiger partial charge in [0.1, 0.15) is 6.61 Å². The van der Waals surface area contributed by atoms with E-state index in [0.717, 1.165) is 22.0 Å². The predicted molar refractivity (Wildman–Crippen MR) is 133 cm³/mol. The molecule has 162 valence electrons. The molecule has 4 aromatic carbocycles. The second kappa shape index (κ2) is 9.10.